The Morgan fingerprint density at radius 1 is 1.17 bits per heavy atom. The lowest BCUT2D eigenvalue weighted by molar-refractivity contribution is 0.0987. The third kappa shape index (κ3) is 3.35. The summed E-state index contributed by atoms with van der Waals surface area (Å²) in [6.45, 7) is 2.60. The lowest BCUT2D eigenvalue weighted by Gasteiger charge is -2.30. The van der Waals surface area contributed by atoms with Crippen LogP contribution in [0.15, 0.2) is 41.0 Å². The van der Waals surface area contributed by atoms with Crippen LogP contribution in [0.4, 0.5) is 11.4 Å². The standard InChI is InChI=1S/C16H17N3O4/c17-15(20)12-10-11(18-16(21)14-2-1-7-23-14)3-4-13(12)19-5-8-22-9-6-19/h1-4,7,10H,5-6,8-9H2,(H2,17,20)(H,18,21). The predicted octanol–water partition coefficient (Wildman–Crippen LogP) is 1.47. The third-order valence-electron chi connectivity index (χ3n) is 3.62. The van der Waals surface area contributed by atoms with Crippen molar-refractivity contribution >= 4 is 23.2 Å². The van der Waals surface area contributed by atoms with Crippen molar-refractivity contribution in [2.45, 2.75) is 0 Å². The van der Waals surface area contributed by atoms with Gasteiger partial charge in [0.1, 0.15) is 0 Å². The van der Waals surface area contributed by atoms with E-state index in [9.17, 15) is 9.59 Å². The summed E-state index contributed by atoms with van der Waals surface area (Å²) in [5, 5.41) is 2.69. The summed E-state index contributed by atoms with van der Waals surface area (Å²) in [5.74, 6) is -0.729. The van der Waals surface area contributed by atoms with Gasteiger partial charge in [0.2, 0.25) is 0 Å². The van der Waals surface area contributed by atoms with E-state index in [1.807, 2.05) is 4.90 Å². The van der Waals surface area contributed by atoms with Crippen LogP contribution in [0.5, 0.6) is 0 Å². The van der Waals surface area contributed by atoms with Crippen molar-refractivity contribution in [3.63, 3.8) is 0 Å². The van der Waals surface area contributed by atoms with Crippen LogP contribution in [0.3, 0.4) is 0 Å². The highest BCUT2D eigenvalue weighted by Crippen LogP contribution is 2.25. The molecule has 2 aromatic rings. The Morgan fingerprint density at radius 2 is 1.96 bits per heavy atom. The Morgan fingerprint density at radius 3 is 2.61 bits per heavy atom. The van der Waals surface area contributed by atoms with Crippen molar-refractivity contribution in [2.75, 3.05) is 36.5 Å². The van der Waals surface area contributed by atoms with Gasteiger partial charge >= 0.3 is 0 Å². The largest absolute Gasteiger partial charge is 0.459 e. The van der Waals surface area contributed by atoms with Gasteiger partial charge in [0.15, 0.2) is 5.76 Å². The summed E-state index contributed by atoms with van der Waals surface area (Å²) in [6, 6.07) is 8.28. The van der Waals surface area contributed by atoms with Gasteiger partial charge in [-0.05, 0) is 30.3 Å². The number of benzene rings is 1. The van der Waals surface area contributed by atoms with E-state index in [4.69, 9.17) is 14.9 Å². The molecule has 1 aliphatic heterocycles. The second-order valence-corrected chi connectivity index (χ2v) is 5.13. The number of nitrogens with zero attached hydrogens (tertiary/aromatic N) is 1. The van der Waals surface area contributed by atoms with Crippen molar-refractivity contribution in [3.8, 4) is 0 Å². The minimum Gasteiger partial charge on any atom is -0.459 e. The van der Waals surface area contributed by atoms with Crippen molar-refractivity contribution < 1.29 is 18.7 Å². The number of amides is 2. The molecule has 120 valence electrons. The lowest BCUT2D eigenvalue weighted by atomic mass is 10.1. The molecule has 0 unspecified atom stereocenters. The number of ether oxygens (including phenoxy) is 1. The molecule has 2 heterocycles. The zero-order valence-corrected chi connectivity index (χ0v) is 12.5. The topological polar surface area (TPSA) is 97.8 Å². The van der Waals surface area contributed by atoms with E-state index in [0.29, 0.717) is 37.6 Å². The van der Waals surface area contributed by atoms with Gasteiger partial charge in [-0.2, -0.15) is 0 Å². The Kier molecular flexibility index (Phi) is 4.29. The summed E-state index contributed by atoms with van der Waals surface area (Å²) >= 11 is 0. The van der Waals surface area contributed by atoms with Gasteiger partial charge in [-0.25, -0.2) is 0 Å². The van der Waals surface area contributed by atoms with Crippen molar-refractivity contribution in [2.24, 2.45) is 5.73 Å². The van der Waals surface area contributed by atoms with Crippen molar-refractivity contribution in [3.05, 3.63) is 47.9 Å². The number of anilines is 2. The molecule has 0 spiro atoms. The molecule has 7 heteroatoms. The van der Waals surface area contributed by atoms with Gasteiger partial charge in [-0.1, -0.05) is 0 Å². The molecule has 1 aromatic heterocycles. The molecule has 0 aliphatic carbocycles. The quantitative estimate of drug-likeness (QED) is 0.890. The molecule has 0 bridgehead atoms. The van der Waals surface area contributed by atoms with E-state index < -0.39 is 5.91 Å². The van der Waals surface area contributed by atoms with E-state index >= 15 is 0 Å². The van der Waals surface area contributed by atoms with Crippen LogP contribution in [0.1, 0.15) is 20.9 Å². The molecule has 7 nitrogen and oxygen atoms in total. The Labute approximate surface area is 133 Å². The van der Waals surface area contributed by atoms with Crippen LogP contribution < -0.4 is 16.0 Å². The maximum absolute atomic E-state index is 12.0. The average Bonchev–Trinajstić information content (AvgIpc) is 3.10. The summed E-state index contributed by atoms with van der Waals surface area (Å²) in [4.78, 5) is 25.8. The first-order valence-corrected chi connectivity index (χ1v) is 7.26. The summed E-state index contributed by atoms with van der Waals surface area (Å²) in [7, 11) is 0. The van der Waals surface area contributed by atoms with E-state index in [0.717, 1.165) is 5.69 Å². The first-order valence-electron chi connectivity index (χ1n) is 7.26. The molecule has 1 fully saturated rings. The number of hydrogen-bond acceptors (Lipinski definition) is 5. The summed E-state index contributed by atoms with van der Waals surface area (Å²) < 4.78 is 10.4. The fourth-order valence-corrected chi connectivity index (χ4v) is 2.49. The molecule has 0 atom stereocenters. The maximum Gasteiger partial charge on any atom is 0.291 e. The number of nitrogens with one attached hydrogen (secondary N) is 1. The highest BCUT2D eigenvalue weighted by Gasteiger charge is 2.18. The molecular formula is C16H17N3O4. The van der Waals surface area contributed by atoms with Gasteiger partial charge in [0.05, 0.1) is 25.0 Å². The molecule has 1 aliphatic rings. The number of carbonyl (C=O) groups is 2. The summed E-state index contributed by atoms with van der Waals surface area (Å²) in [6.07, 6.45) is 1.42. The van der Waals surface area contributed by atoms with Gasteiger partial charge in [0.25, 0.3) is 11.8 Å². The van der Waals surface area contributed by atoms with Crippen molar-refractivity contribution in [1.82, 2.24) is 0 Å². The Hall–Kier alpha value is -2.80. The number of carbonyl (C=O) groups excluding carboxylic acids is 2. The zero-order valence-electron chi connectivity index (χ0n) is 12.5. The van der Waals surface area contributed by atoms with Gasteiger partial charge in [0, 0.05) is 24.5 Å². The van der Waals surface area contributed by atoms with Crippen LogP contribution in [0.2, 0.25) is 0 Å². The van der Waals surface area contributed by atoms with Crippen LogP contribution >= 0.6 is 0 Å². The van der Waals surface area contributed by atoms with Crippen molar-refractivity contribution in [1.29, 1.82) is 0 Å². The highest BCUT2D eigenvalue weighted by atomic mass is 16.5. The molecule has 0 radical (unpaired) electrons. The van der Waals surface area contributed by atoms with Crippen LogP contribution in [-0.2, 0) is 4.74 Å². The first kappa shape index (κ1) is 15.1. The van der Waals surface area contributed by atoms with Crippen LogP contribution in [0.25, 0.3) is 0 Å². The monoisotopic (exact) mass is 315 g/mol. The molecule has 3 rings (SSSR count). The number of hydrogen-bond donors (Lipinski definition) is 2. The van der Waals surface area contributed by atoms with Gasteiger partial charge in [-0.3, -0.25) is 9.59 Å². The van der Waals surface area contributed by atoms with Gasteiger partial charge < -0.3 is 25.1 Å². The molecule has 1 saturated heterocycles. The Balaban J connectivity index is 1.84. The normalized spacial score (nSPS) is 14.5. The summed E-state index contributed by atoms with van der Waals surface area (Å²) in [5.41, 5.74) is 7.08. The molecule has 2 amide bonds. The number of rotatable bonds is 4. The zero-order chi connectivity index (χ0) is 16.2. The maximum atomic E-state index is 12.0. The predicted molar refractivity (Wildman–Crippen MR) is 84.7 cm³/mol. The minimum absolute atomic E-state index is 0.197. The Bertz CT molecular complexity index is 706. The second-order valence-electron chi connectivity index (χ2n) is 5.13. The highest BCUT2D eigenvalue weighted by molar-refractivity contribution is 6.04. The van der Waals surface area contributed by atoms with E-state index in [1.54, 1.807) is 30.3 Å². The molecule has 23 heavy (non-hydrogen) atoms. The fourth-order valence-electron chi connectivity index (χ4n) is 2.49. The number of primary amides is 1. The minimum atomic E-state index is -0.541. The molecule has 1 aromatic carbocycles. The molecule has 3 N–H and O–H groups in total. The van der Waals surface area contributed by atoms with E-state index in [-0.39, 0.29) is 11.7 Å². The smallest absolute Gasteiger partial charge is 0.291 e. The van der Waals surface area contributed by atoms with Crippen LogP contribution in [0, 0.1) is 0 Å². The molecular weight excluding hydrogens is 298 g/mol. The number of nitrogens with two attached hydrogens (primary N) is 1. The van der Waals surface area contributed by atoms with E-state index in [2.05, 4.69) is 5.32 Å². The second kappa shape index (κ2) is 6.53. The third-order valence-corrected chi connectivity index (χ3v) is 3.62. The van der Waals surface area contributed by atoms with Crippen LogP contribution in [-0.4, -0.2) is 38.1 Å². The lowest BCUT2D eigenvalue weighted by Crippen LogP contribution is -2.37. The fraction of sp³-hybridized carbons (Fsp3) is 0.250. The van der Waals surface area contributed by atoms with Gasteiger partial charge in [-0.15, -0.1) is 0 Å². The average molecular weight is 315 g/mol. The first-order chi connectivity index (χ1) is 11.1. The molecule has 0 saturated carbocycles. The van der Waals surface area contributed by atoms with E-state index in [1.165, 1.54) is 6.26 Å². The number of furan rings is 1. The SMILES string of the molecule is NC(=O)c1cc(NC(=O)c2ccco2)ccc1N1CCOCC1. The number of morpholine rings is 1.